The minimum atomic E-state index is -0.504. The molecule has 0 bridgehead atoms. The number of halogens is 1. The second kappa shape index (κ2) is 5.78. The van der Waals surface area contributed by atoms with Crippen LogP contribution in [0.3, 0.4) is 0 Å². The van der Waals surface area contributed by atoms with Crippen molar-refractivity contribution in [2.24, 2.45) is 10.1 Å². The number of amidine groups is 1. The summed E-state index contributed by atoms with van der Waals surface area (Å²) in [6, 6.07) is 9.41. The fraction of sp³-hybridized carbons (Fsp3) is 0.188. The van der Waals surface area contributed by atoms with E-state index in [1.54, 1.807) is 5.01 Å². The summed E-state index contributed by atoms with van der Waals surface area (Å²) in [4.78, 5) is 17.4. The third-order valence-corrected chi connectivity index (χ3v) is 4.84. The Kier molecular flexibility index (Phi) is 3.73. The number of benzene rings is 1. The number of aryl methyl sites for hydroxylation is 1. The molecular weight excluding hydrogens is 392 g/mol. The normalized spacial score (nSPS) is 19.2. The first-order valence-corrected chi connectivity index (χ1v) is 9.26. The van der Waals surface area contributed by atoms with Gasteiger partial charge in [-0.25, -0.2) is 10.0 Å². The lowest BCUT2D eigenvalue weighted by atomic mass is 10.1. The van der Waals surface area contributed by atoms with Gasteiger partial charge >= 0.3 is 0 Å². The van der Waals surface area contributed by atoms with Gasteiger partial charge in [0.2, 0.25) is 6.17 Å². The molecule has 0 saturated carbocycles. The number of fused-ring (bicyclic) bond motifs is 2. The summed E-state index contributed by atoms with van der Waals surface area (Å²) in [5.74, 6) is 1.24. The van der Waals surface area contributed by atoms with Crippen molar-refractivity contribution in [3.63, 3.8) is 0 Å². The fourth-order valence-corrected chi connectivity index (χ4v) is 3.45. The van der Waals surface area contributed by atoms with Crippen LogP contribution in [0.4, 0.5) is 0 Å². The maximum atomic E-state index is 12.7. The molecular formula is C16H13BrN4O2S. The number of hydrogen-bond donors (Lipinski definition) is 1. The molecule has 122 valence electrons. The van der Waals surface area contributed by atoms with Gasteiger partial charge in [0.1, 0.15) is 11.5 Å². The Bertz CT molecular complexity index is 998. The van der Waals surface area contributed by atoms with Crippen molar-refractivity contribution < 1.29 is 9.21 Å². The number of carbonyl (C=O) groups excluding carboxylic acids is 1. The van der Waals surface area contributed by atoms with Gasteiger partial charge in [0, 0.05) is 9.69 Å². The number of thioether (sulfide) groups is 1. The van der Waals surface area contributed by atoms with Crippen molar-refractivity contribution in [1.29, 1.82) is 0 Å². The minimum Gasteiger partial charge on any atom is -0.462 e. The van der Waals surface area contributed by atoms with E-state index >= 15 is 0 Å². The van der Waals surface area contributed by atoms with E-state index in [9.17, 15) is 4.79 Å². The van der Waals surface area contributed by atoms with Crippen LogP contribution in [-0.4, -0.2) is 22.3 Å². The number of carbonyl (C=O) groups is 1. The Morgan fingerprint density at radius 3 is 2.88 bits per heavy atom. The Balaban J connectivity index is 2.01. The third-order valence-electron chi connectivity index (χ3n) is 3.78. The van der Waals surface area contributed by atoms with Crippen LogP contribution in [0.15, 0.2) is 49.3 Å². The molecule has 4 rings (SSSR count). The summed E-state index contributed by atoms with van der Waals surface area (Å²) in [7, 11) is 0. The molecule has 0 fully saturated rings. The summed E-state index contributed by atoms with van der Waals surface area (Å²) < 4.78 is 6.63. The SMILES string of the molecule is CSC1=NN2C(=c3cc(Br)ccc3=N[C@H]2c2ccc(C)o2)C(=O)N1. The average Bonchev–Trinajstić information content (AvgIpc) is 2.99. The highest BCUT2D eigenvalue weighted by Crippen LogP contribution is 2.31. The highest BCUT2D eigenvalue weighted by Gasteiger charge is 2.35. The zero-order chi connectivity index (χ0) is 16.8. The number of amides is 1. The Labute approximate surface area is 150 Å². The fourth-order valence-electron chi connectivity index (χ4n) is 2.72. The van der Waals surface area contributed by atoms with Gasteiger partial charge in [-0.1, -0.05) is 27.7 Å². The molecule has 1 aromatic carbocycles. The molecule has 0 spiro atoms. The predicted octanol–water partition coefficient (Wildman–Crippen LogP) is 1.86. The Hall–Kier alpha value is -2.06. The van der Waals surface area contributed by atoms with Gasteiger partial charge in [-0.2, -0.15) is 0 Å². The lowest BCUT2D eigenvalue weighted by Crippen LogP contribution is -2.50. The Morgan fingerprint density at radius 1 is 1.33 bits per heavy atom. The quantitative estimate of drug-likeness (QED) is 0.787. The van der Waals surface area contributed by atoms with Crippen molar-refractivity contribution in [2.45, 2.75) is 13.1 Å². The van der Waals surface area contributed by atoms with Crippen LogP contribution in [0.1, 0.15) is 17.7 Å². The molecule has 8 heteroatoms. The molecule has 1 N–H and O–H groups in total. The van der Waals surface area contributed by atoms with Crippen LogP contribution >= 0.6 is 27.7 Å². The standard InChI is InChI=1S/C16H13BrN4O2S/c1-8-3-6-12(23-8)14-18-11-5-4-9(17)7-10(11)13-15(22)19-16(24-2)20-21(13)14/h3-7,14H,1-2H3,(H,19,20,22)/t14-/m1/s1. The first kappa shape index (κ1) is 15.5. The van der Waals surface area contributed by atoms with Gasteiger partial charge in [0.05, 0.1) is 5.36 Å². The summed E-state index contributed by atoms with van der Waals surface area (Å²) in [6.45, 7) is 1.88. The topological polar surface area (TPSA) is 70.2 Å². The second-order valence-corrected chi connectivity index (χ2v) is 7.08. The number of furan rings is 1. The maximum absolute atomic E-state index is 12.7. The largest absolute Gasteiger partial charge is 0.462 e. The molecule has 0 radical (unpaired) electrons. The molecule has 6 nitrogen and oxygen atoms in total. The van der Waals surface area contributed by atoms with E-state index in [1.165, 1.54) is 11.8 Å². The number of hydrazone groups is 1. The zero-order valence-electron chi connectivity index (χ0n) is 12.9. The molecule has 0 saturated heterocycles. The highest BCUT2D eigenvalue weighted by molar-refractivity contribution is 9.10. The summed E-state index contributed by atoms with van der Waals surface area (Å²) >= 11 is 4.83. The number of hydrogen-bond acceptors (Lipinski definition) is 6. The molecule has 0 unspecified atom stereocenters. The van der Waals surface area contributed by atoms with Crippen LogP contribution in [0.25, 0.3) is 5.70 Å². The van der Waals surface area contributed by atoms with Crippen LogP contribution in [-0.2, 0) is 4.79 Å². The molecule has 1 aromatic heterocycles. The maximum Gasteiger partial charge on any atom is 0.276 e. The zero-order valence-corrected chi connectivity index (χ0v) is 15.3. The summed E-state index contributed by atoms with van der Waals surface area (Å²) in [5.41, 5.74) is 0.471. The minimum absolute atomic E-state index is 0.197. The van der Waals surface area contributed by atoms with Gasteiger partial charge in [0.15, 0.2) is 10.9 Å². The van der Waals surface area contributed by atoms with Crippen LogP contribution in [0, 0.1) is 6.92 Å². The van der Waals surface area contributed by atoms with Crippen LogP contribution in [0.5, 0.6) is 0 Å². The van der Waals surface area contributed by atoms with Gasteiger partial charge < -0.3 is 4.42 Å². The molecule has 2 aromatic rings. The van der Waals surface area contributed by atoms with E-state index in [-0.39, 0.29) is 5.91 Å². The number of rotatable bonds is 1. The molecule has 3 heterocycles. The van der Waals surface area contributed by atoms with E-state index in [0.717, 1.165) is 20.8 Å². The van der Waals surface area contributed by atoms with Crippen molar-refractivity contribution in [2.75, 3.05) is 6.26 Å². The van der Waals surface area contributed by atoms with Gasteiger partial charge in [-0.05, 0) is 43.5 Å². The van der Waals surface area contributed by atoms with Gasteiger partial charge in [0.25, 0.3) is 5.91 Å². The van der Waals surface area contributed by atoms with E-state index < -0.39 is 6.17 Å². The first-order valence-electron chi connectivity index (χ1n) is 7.24. The second-order valence-electron chi connectivity index (χ2n) is 5.37. The lowest BCUT2D eigenvalue weighted by molar-refractivity contribution is -0.116. The summed E-state index contributed by atoms with van der Waals surface area (Å²) in [5, 5.41) is 11.0. The third kappa shape index (κ3) is 2.46. The van der Waals surface area contributed by atoms with Crippen molar-refractivity contribution in [3.8, 4) is 0 Å². The van der Waals surface area contributed by atoms with E-state index in [2.05, 4.69) is 26.3 Å². The van der Waals surface area contributed by atoms with Gasteiger partial charge in [-0.15, -0.1) is 5.10 Å². The Morgan fingerprint density at radius 2 is 2.17 bits per heavy atom. The molecule has 2 aliphatic heterocycles. The van der Waals surface area contributed by atoms with Crippen LogP contribution < -0.4 is 15.9 Å². The number of nitrogens with one attached hydrogen (secondary N) is 1. The lowest BCUT2D eigenvalue weighted by Gasteiger charge is -2.32. The predicted molar refractivity (Wildman–Crippen MR) is 95.4 cm³/mol. The smallest absolute Gasteiger partial charge is 0.276 e. The van der Waals surface area contributed by atoms with Crippen molar-refractivity contribution in [3.05, 3.63) is 56.9 Å². The highest BCUT2D eigenvalue weighted by atomic mass is 79.9. The monoisotopic (exact) mass is 404 g/mol. The van der Waals surface area contributed by atoms with Gasteiger partial charge in [-0.3, -0.25) is 10.1 Å². The molecule has 24 heavy (non-hydrogen) atoms. The summed E-state index contributed by atoms with van der Waals surface area (Å²) in [6.07, 6.45) is 1.36. The first-order chi connectivity index (χ1) is 11.6. The number of nitrogens with zero attached hydrogens (tertiary/aromatic N) is 3. The van der Waals surface area contributed by atoms with Crippen molar-refractivity contribution in [1.82, 2.24) is 10.3 Å². The molecule has 1 atom stereocenters. The van der Waals surface area contributed by atoms with E-state index in [4.69, 9.17) is 9.41 Å². The van der Waals surface area contributed by atoms with E-state index in [0.29, 0.717) is 16.6 Å². The van der Waals surface area contributed by atoms with Crippen LogP contribution in [0.2, 0.25) is 0 Å². The molecule has 0 aliphatic carbocycles. The molecule has 2 aliphatic rings. The average molecular weight is 405 g/mol. The van der Waals surface area contributed by atoms with E-state index in [1.807, 2.05) is 43.5 Å². The van der Waals surface area contributed by atoms with Crippen molar-refractivity contribution >= 4 is 44.5 Å². The molecule has 1 amide bonds.